The maximum Gasteiger partial charge on any atom is 0.254 e. The number of unbranched alkanes of at least 4 members (excludes halogenated alkanes) is 18. The Balaban J connectivity index is 0.0000260. The summed E-state index contributed by atoms with van der Waals surface area (Å²) in [6, 6.07) is 20.1. The lowest BCUT2D eigenvalue weighted by Crippen LogP contribution is -3.00. The molecule has 14 N–H and O–H groups in total. The van der Waals surface area contributed by atoms with Gasteiger partial charge in [0.05, 0.1) is 38.8 Å². The predicted octanol–water partition coefficient (Wildman–Crippen LogP) is 4.05. The highest BCUT2D eigenvalue weighted by atomic mass is 35.5. The standard InChI is InChI=1S/C76H127N15O8.ClH/c1-5-84(6-2)61-37-39-65-67(53-61)99-68-54-62(85(7-3)8-4)38-40-66(68)75(65)63-35-21-22-36-64(63)76(98)91(52-34-20-14-28-46-82)60-74(97)90(51-33-19-13-27-45-81)59-73(96)89(50-32-18-12-26-44-80)58-72(95)88(49-31-17-11-25-43-79)57-71(94)87(48-30-16-10-24-42-78)56-70(93)86(55-69(83)92)47-29-15-9-23-41-77;/h21-22,35-40,53-54H,5-20,23-34,41-52,55-60,77-82H2,1-4H3,(H-,83,92);1H. The van der Waals surface area contributed by atoms with Crippen molar-refractivity contribution in [1.29, 1.82) is 0 Å². The molecular weight excluding hydrogens is 1290 g/mol. The van der Waals surface area contributed by atoms with E-state index in [-0.39, 0.29) is 96.9 Å². The van der Waals surface area contributed by atoms with E-state index in [0.717, 1.165) is 169 Å². The molecule has 562 valence electrons. The van der Waals surface area contributed by atoms with E-state index in [1.165, 1.54) is 19.6 Å². The molecule has 23 nitrogen and oxygen atoms in total. The Morgan fingerprint density at radius 2 is 0.740 bits per heavy atom. The molecule has 24 heteroatoms. The molecule has 100 heavy (non-hydrogen) atoms. The van der Waals surface area contributed by atoms with E-state index in [9.17, 15) is 14.4 Å². The van der Waals surface area contributed by atoms with Gasteiger partial charge in [-0.2, -0.15) is 0 Å². The minimum atomic E-state index is -0.665. The van der Waals surface area contributed by atoms with Crippen LogP contribution in [-0.4, -0.2) is 215 Å². The van der Waals surface area contributed by atoms with Crippen LogP contribution in [0.1, 0.15) is 192 Å². The first-order valence-electron chi connectivity index (χ1n) is 37.7. The van der Waals surface area contributed by atoms with Crippen LogP contribution >= 0.6 is 0 Å². The molecule has 0 spiro atoms. The highest BCUT2D eigenvalue weighted by Gasteiger charge is 2.32. The molecule has 0 fully saturated rings. The smallest absolute Gasteiger partial charge is 0.254 e. The van der Waals surface area contributed by atoms with Gasteiger partial charge in [0.15, 0.2) is 0 Å². The van der Waals surface area contributed by atoms with Crippen molar-refractivity contribution in [3.63, 3.8) is 0 Å². The summed E-state index contributed by atoms with van der Waals surface area (Å²) in [5, 5.41) is 1.85. The Hall–Kier alpha value is -6.73. The van der Waals surface area contributed by atoms with Crippen molar-refractivity contribution >= 4 is 58.0 Å². The van der Waals surface area contributed by atoms with E-state index in [1.807, 2.05) is 24.3 Å². The summed E-state index contributed by atoms with van der Waals surface area (Å²) in [5.74, 6) is -2.49. The van der Waals surface area contributed by atoms with Gasteiger partial charge in [-0.25, -0.2) is 4.58 Å². The molecule has 0 aromatic heterocycles. The first-order chi connectivity index (χ1) is 48.1. The number of carbonyl (C=O) groups excluding carboxylic acids is 7. The Morgan fingerprint density at radius 1 is 0.390 bits per heavy atom. The van der Waals surface area contributed by atoms with E-state index in [2.05, 4.69) is 73.6 Å². The normalized spacial score (nSPS) is 11.2. The number of nitrogens with zero attached hydrogens (tertiary/aromatic N) is 8. The molecule has 0 radical (unpaired) electrons. The number of fused-ring (bicyclic) bond motifs is 2. The SMILES string of the molecule is CCN(CC)c1ccc2c(-c3ccccc3C(=O)N(CCCCCCN)CC(=O)N(CCCCCCN)CC(=O)N(CCCCCCN)CC(=O)N(CCCCCCN)CC(=O)N(CCCCCCN)CC(=O)N(CCCCCCN)CC(N)=O)c3ccc(=[N+](CC)CC)cc-3oc2c1.[Cl-]. The first-order valence-corrected chi connectivity index (χ1v) is 37.7. The number of rotatable bonds is 55. The summed E-state index contributed by atoms with van der Waals surface area (Å²) in [7, 11) is 0. The molecule has 2 aromatic rings. The lowest BCUT2D eigenvalue weighted by Gasteiger charge is -2.32. The number of hydrogen-bond donors (Lipinski definition) is 7. The number of benzene rings is 3. The first kappa shape index (κ1) is 87.5. The van der Waals surface area contributed by atoms with E-state index in [0.29, 0.717) is 100 Å². The van der Waals surface area contributed by atoms with Gasteiger partial charge in [0.1, 0.15) is 31.0 Å². The molecule has 1 heterocycles. The fourth-order valence-corrected chi connectivity index (χ4v) is 12.8. The van der Waals surface area contributed by atoms with Gasteiger partial charge in [-0.1, -0.05) is 95.2 Å². The maximum atomic E-state index is 15.8. The fraction of sp³-hybridized carbons (Fsp3) is 0.658. The van der Waals surface area contributed by atoms with Crippen LogP contribution in [0.4, 0.5) is 5.69 Å². The number of anilines is 1. The molecular formula is C76H128ClN15O8. The number of halogens is 1. The quantitative estimate of drug-likeness (QED) is 0.0186. The van der Waals surface area contributed by atoms with E-state index < -0.39 is 35.4 Å². The monoisotopic (exact) mass is 1410 g/mol. The van der Waals surface area contributed by atoms with Crippen LogP contribution in [0, 0.1) is 0 Å². The Labute approximate surface area is 604 Å². The van der Waals surface area contributed by atoms with Crippen LogP contribution in [-0.2, 0) is 28.8 Å². The van der Waals surface area contributed by atoms with Crippen molar-refractivity contribution in [2.24, 2.45) is 40.1 Å². The Bertz CT molecular complexity index is 3070. The number of primary amides is 1. The lowest BCUT2D eigenvalue weighted by molar-refractivity contribution is -0.147. The van der Waals surface area contributed by atoms with E-state index in [4.69, 9.17) is 44.6 Å². The van der Waals surface area contributed by atoms with Crippen LogP contribution in [0.25, 0.3) is 33.4 Å². The fourth-order valence-electron chi connectivity index (χ4n) is 12.8. The maximum absolute atomic E-state index is 15.8. The molecule has 2 aromatic carbocycles. The summed E-state index contributed by atoms with van der Waals surface area (Å²) in [5.41, 5.74) is 45.3. The zero-order valence-electron chi connectivity index (χ0n) is 61.6. The highest BCUT2D eigenvalue weighted by molar-refractivity contribution is 6.10. The van der Waals surface area contributed by atoms with Crippen molar-refractivity contribution in [1.82, 2.24) is 34.0 Å². The summed E-state index contributed by atoms with van der Waals surface area (Å²) in [6.45, 7) is 14.3. The molecule has 7 amide bonds. The Morgan fingerprint density at radius 3 is 1.10 bits per heavy atom. The molecule has 0 saturated carbocycles. The van der Waals surface area contributed by atoms with Gasteiger partial charge in [-0.3, -0.25) is 33.6 Å². The molecule has 1 aliphatic carbocycles. The van der Waals surface area contributed by atoms with Crippen molar-refractivity contribution in [3.8, 4) is 22.5 Å². The van der Waals surface area contributed by atoms with Crippen molar-refractivity contribution in [2.75, 3.05) is 149 Å². The van der Waals surface area contributed by atoms with E-state index in [1.54, 1.807) is 9.80 Å². The second-order valence-corrected chi connectivity index (χ2v) is 26.2. The van der Waals surface area contributed by atoms with Crippen molar-refractivity contribution in [2.45, 2.75) is 182 Å². The zero-order chi connectivity index (χ0) is 72.2. The van der Waals surface area contributed by atoms with Gasteiger partial charge in [0.25, 0.3) is 5.91 Å². The summed E-state index contributed by atoms with van der Waals surface area (Å²) >= 11 is 0. The number of carbonyl (C=O) groups is 7. The van der Waals surface area contributed by atoms with Gasteiger partial charge in [-0.15, -0.1) is 0 Å². The molecule has 0 saturated heterocycles. The second kappa shape index (κ2) is 51.4. The third-order valence-corrected chi connectivity index (χ3v) is 18.7. The molecule has 4 rings (SSSR count). The largest absolute Gasteiger partial charge is 1.00 e. The summed E-state index contributed by atoms with van der Waals surface area (Å²) in [6.07, 6.45) is 17.9. The van der Waals surface area contributed by atoms with Crippen LogP contribution < -0.4 is 67.4 Å². The van der Waals surface area contributed by atoms with E-state index >= 15 is 19.2 Å². The van der Waals surface area contributed by atoms with Crippen molar-refractivity contribution in [3.05, 3.63) is 71.6 Å². The average Bonchev–Trinajstić information content (AvgIpc) is 0.748. The molecule has 0 atom stereocenters. The minimum absolute atomic E-state index is 0. The molecule has 0 unspecified atom stereocenters. The lowest BCUT2D eigenvalue weighted by atomic mass is 9.90. The minimum Gasteiger partial charge on any atom is -1.00 e. The average molecular weight is 1420 g/mol. The Kier molecular flexibility index (Phi) is 45.0. The molecule has 1 aliphatic heterocycles. The summed E-state index contributed by atoms with van der Waals surface area (Å²) in [4.78, 5) is 114. The van der Waals surface area contributed by atoms with Gasteiger partial charge in [0, 0.05) is 92.3 Å². The van der Waals surface area contributed by atoms with Crippen LogP contribution in [0.15, 0.2) is 65.1 Å². The number of amides is 7. The van der Waals surface area contributed by atoms with Gasteiger partial charge < -0.3 is 91.3 Å². The highest BCUT2D eigenvalue weighted by Crippen LogP contribution is 2.42. The van der Waals surface area contributed by atoms with Crippen LogP contribution in [0.2, 0.25) is 0 Å². The number of nitrogens with two attached hydrogens (primary N) is 7. The topological polar surface area (TPSA) is 340 Å². The zero-order valence-corrected chi connectivity index (χ0v) is 62.3. The molecule has 2 aliphatic rings. The van der Waals surface area contributed by atoms with Gasteiger partial charge >= 0.3 is 0 Å². The van der Waals surface area contributed by atoms with Crippen LogP contribution in [0.5, 0.6) is 0 Å². The van der Waals surface area contributed by atoms with Gasteiger partial charge in [0.2, 0.25) is 40.8 Å². The number of hydrogen-bond acceptors (Lipinski definition) is 15. The second-order valence-electron chi connectivity index (χ2n) is 26.2. The third kappa shape index (κ3) is 30.5. The van der Waals surface area contributed by atoms with Gasteiger partial charge in [-0.05, 0) is 174 Å². The third-order valence-electron chi connectivity index (χ3n) is 18.7. The van der Waals surface area contributed by atoms with Crippen molar-refractivity contribution < 1.29 is 50.4 Å². The predicted molar refractivity (Wildman–Crippen MR) is 401 cm³/mol. The molecule has 0 bridgehead atoms. The van der Waals surface area contributed by atoms with Crippen LogP contribution in [0.3, 0.4) is 0 Å². The summed E-state index contributed by atoms with van der Waals surface area (Å²) < 4.78 is 9.12.